The van der Waals surface area contributed by atoms with E-state index in [4.69, 9.17) is 17.0 Å². The molecule has 142 valence electrons. The molecule has 9 heteroatoms. The topological polar surface area (TPSA) is 86.7 Å². The number of thiocarbonyl (C=S) groups is 1. The lowest BCUT2D eigenvalue weighted by molar-refractivity contribution is 0.0394. The first-order chi connectivity index (χ1) is 12.6. The van der Waals surface area contributed by atoms with Gasteiger partial charge >= 0.3 is 0 Å². The van der Waals surface area contributed by atoms with Crippen LogP contribution in [0, 0.1) is 13.8 Å². The first-order valence-corrected chi connectivity index (χ1v) is 9.51. The Hall–Kier alpha value is -1.84. The summed E-state index contributed by atoms with van der Waals surface area (Å²) in [5.41, 5.74) is 1.82. The van der Waals surface area contributed by atoms with Gasteiger partial charge in [0.25, 0.3) is 0 Å². The molecule has 1 aliphatic heterocycles. The molecule has 0 amide bonds. The van der Waals surface area contributed by atoms with Crippen LogP contribution in [0.3, 0.4) is 0 Å². The molecule has 1 saturated carbocycles. The van der Waals surface area contributed by atoms with Gasteiger partial charge in [-0.3, -0.25) is 15.2 Å². The van der Waals surface area contributed by atoms with Crippen LogP contribution < -0.4 is 16.0 Å². The maximum Gasteiger partial charge on any atom is 0.229 e. The van der Waals surface area contributed by atoms with Gasteiger partial charge in [-0.25, -0.2) is 9.97 Å². The predicted octanol–water partition coefficient (Wildman–Crippen LogP) is 0.820. The molecule has 26 heavy (non-hydrogen) atoms. The van der Waals surface area contributed by atoms with E-state index in [0.29, 0.717) is 29.6 Å². The van der Waals surface area contributed by atoms with Crippen molar-refractivity contribution in [2.24, 2.45) is 4.99 Å². The zero-order chi connectivity index (χ0) is 18.4. The van der Waals surface area contributed by atoms with Crippen molar-refractivity contribution in [2.45, 2.75) is 32.7 Å². The first kappa shape index (κ1) is 18.9. The molecule has 0 bridgehead atoms. The number of guanidine groups is 1. The maximum absolute atomic E-state index is 5.38. The number of anilines is 1. The highest BCUT2D eigenvalue weighted by Gasteiger charge is 2.22. The van der Waals surface area contributed by atoms with Crippen LogP contribution in [0.5, 0.6) is 0 Å². The van der Waals surface area contributed by atoms with E-state index in [1.165, 1.54) is 12.8 Å². The van der Waals surface area contributed by atoms with Gasteiger partial charge in [-0.2, -0.15) is 0 Å². The largest absolute Gasteiger partial charge is 0.379 e. The monoisotopic (exact) mass is 377 g/mol. The molecule has 0 aromatic carbocycles. The molecule has 3 N–H and O–H groups in total. The van der Waals surface area contributed by atoms with Crippen molar-refractivity contribution >= 4 is 29.2 Å². The summed E-state index contributed by atoms with van der Waals surface area (Å²) in [7, 11) is 0. The molecule has 2 heterocycles. The molecule has 8 nitrogen and oxygen atoms in total. The van der Waals surface area contributed by atoms with Gasteiger partial charge in [-0.1, -0.05) is 0 Å². The summed E-state index contributed by atoms with van der Waals surface area (Å²) in [6.45, 7) is 8.92. The number of nitrogens with one attached hydrogen (secondary N) is 3. The van der Waals surface area contributed by atoms with Crippen LogP contribution in [-0.4, -0.2) is 71.4 Å². The van der Waals surface area contributed by atoms with Crippen LogP contribution in [-0.2, 0) is 4.74 Å². The summed E-state index contributed by atoms with van der Waals surface area (Å²) in [5.74, 6) is 1.09. The van der Waals surface area contributed by atoms with Gasteiger partial charge in [0.15, 0.2) is 5.11 Å². The SMILES string of the molecule is Cc1cc(C)nc(NC(=NCCN2CCOCC2)NC(=S)NC2CC2)n1. The van der Waals surface area contributed by atoms with Crippen LogP contribution in [0.15, 0.2) is 11.1 Å². The van der Waals surface area contributed by atoms with Crippen molar-refractivity contribution in [3.05, 3.63) is 17.5 Å². The lowest BCUT2D eigenvalue weighted by Gasteiger charge is -2.25. The van der Waals surface area contributed by atoms with Crippen LogP contribution in [0.4, 0.5) is 5.95 Å². The Labute approximate surface area is 159 Å². The van der Waals surface area contributed by atoms with Crippen molar-refractivity contribution < 1.29 is 4.74 Å². The van der Waals surface area contributed by atoms with E-state index in [-0.39, 0.29) is 0 Å². The van der Waals surface area contributed by atoms with Crippen LogP contribution in [0.2, 0.25) is 0 Å². The van der Waals surface area contributed by atoms with E-state index in [9.17, 15) is 0 Å². The highest BCUT2D eigenvalue weighted by atomic mass is 32.1. The molecule has 1 saturated heterocycles. The number of aromatic nitrogens is 2. The Morgan fingerprint density at radius 3 is 2.62 bits per heavy atom. The van der Waals surface area contributed by atoms with Crippen molar-refractivity contribution in [3.63, 3.8) is 0 Å². The molecule has 0 spiro atoms. The van der Waals surface area contributed by atoms with Crippen molar-refractivity contribution in [1.29, 1.82) is 0 Å². The normalized spacial score (nSPS) is 18.5. The van der Waals surface area contributed by atoms with Gasteiger partial charge in [-0.05, 0) is 45.0 Å². The minimum Gasteiger partial charge on any atom is -0.379 e. The fourth-order valence-electron chi connectivity index (χ4n) is 2.68. The summed E-state index contributed by atoms with van der Waals surface area (Å²) >= 11 is 5.38. The number of aryl methyl sites for hydroxylation is 2. The van der Waals surface area contributed by atoms with E-state index in [1.54, 1.807) is 0 Å². The second kappa shape index (κ2) is 9.20. The van der Waals surface area contributed by atoms with Gasteiger partial charge in [-0.15, -0.1) is 0 Å². The van der Waals surface area contributed by atoms with Gasteiger partial charge in [0, 0.05) is 37.1 Å². The summed E-state index contributed by atoms with van der Waals surface area (Å²) < 4.78 is 5.38. The summed E-state index contributed by atoms with van der Waals surface area (Å²) in [4.78, 5) is 15.8. The number of aliphatic imine (C=N–C) groups is 1. The van der Waals surface area contributed by atoms with E-state index < -0.39 is 0 Å². The van der Waals surface area contributed by atoms with Crippen LogP contribution in [0.1, 0.15) is 24.2 Å². The number of hydrogen-bond donors (Lipinski definition) is 3. The fraction of sp³-hybridized carbons (Fsp3) is 0.647. The third-order valence-corrected chi connectivity index (χ3v) is 4.37. The second-order valence-electron chi connectivity index (χ2n) is 6.66. The first-order valence-electron chi connectivity index (χ1n) is 9.10. The molecule has 1 aromatic heterocycles. The summed E-state index contributed by atoms with van der Waals surface area (Å²) in [6, 6.07) is 2.43. The van der Waals surface area contributed by atoms with Crippen LogP contribution >= 0.6 is 12.2 Å². The molecule has 3 rings (SSSR count). The number of nitrogens with zero attached hydrogens (tertiary/aromatic N) is 4. The maximum atomic E-state index is 5.38. The van der Waals surface area contributed by atoms with Crippen molar-refractivity contribution in [1.82, 2.24) is 25.5 Å². The van der Waals surface area contributed by atoms with Gasteiger partial charge in [0.1, 0.15) is 0 Å². The number of morpholine rings is 1. The number of ether oxygens (including phenoxy) is 1. The van der Waals surface area contributed by atoms with Crippen molar-refractivity contribution in [3.8, 4) is 0 Å². The second-order valence-corrected chi connectivity index (χ2v) is 7.06. The lowest BCUT2D eigenvalue weighted by atomic mass is 10.4. The molecule has 0 atom stereocenters. The third kappa shape index (κ3) is 6.47. The molecule has 1 aliphatic carbocycles. The standard InChI is InChI=1S/C17H27N7OS/c1-12-11-13(2)20-16(19-12)22-15(23-17(26)21-14-3-4-14)18-5-6-24-7-9-25-10-8-24/h11,14H,3-10H2,1-2H3,(H3,18,19,20,21,22,23,26). The van der Waals surface area contributed by atoms with Gasteiger partial charge < -0.3 is 15.4 Å². The molecule has 0 radical (unpaired) electrons. The Balaban J connectivity index is 1.61. The fourth-order valence-corrected chi connectivity index (χ4v) is 2.95. The quantitative estimate of drug-likeness (QED) is 0.395. The molecule has 1 aromatic rings. The Morgan fingerprint density at radius 1 is 1.27 bits per heavy atom. The summed E-state index contributed by atoms with van der Waals surface area (Å²) in [5, 5.41) is 10.2. The van der Waals surface area contributed by atoms with Crippen molar-refractivity contribution in [2.75, 3.05) is 44.7 Å². The smallest absolute Gasteiger partial charge is 0.229 e. The average molecular weight is 378 g/mol. The minimum absolute atomic E-state index is 0.488. The lowest BCUT2D eigenvalue weighted by Crippen LogP contribution is -2.44. The third-order valence-electron chi connectivity index (χ3n) is 4.15. The Morgan fingerprint density at radius 2 is 1.96 bits per heavy atom. The Kier molecular flexibility index (Phi) is 6.70. The van der Waals surface area contributed by atoms with E-state index >= 15 is 0 Å². The van der Waals surface area contributed by atoms with E-state index in [0.717, 1.165) is 44.2 Å². The highest BCUT2D eigenvalue weighted by Crippen LogP contribution is 2.18. The average Bonchev–Trinajstić information content (AvgIpc) is 3.38. The molecular formula is C17H27N7OS. The number of rotatable bonds is 5. The van der Waals surface area contributed by atoms with Crippen LogP contribution in [0.25, 0.3) is 0 Å². The van der Waals surface area contributed by atoms with E-state index in [2.05, 4.69) is 35.8 Å². The molecule has 0 unspecified atom stereocenters. The zero-order valence-electron chi connectivity index (χ0n) is 15.4. The van der Waals surface area contributed by atoms with Gasteiger partial charge in [0.2, 0.25) is 11.9 Å². The molecule has 2 aliphatic rings. The summed E-state index contributed by atoms with van der Waals surface area (Å²) in [6.07, 6.45) is 2.33. The minimum atomic E-state index is 0.488. The molecular weight excluding hydrogens is 350 g/mol. The van der Waals surface area contributed by atoms with E-state index in [1.807, 2.05) is 19.9 Å². The zero-order valence-corrected chi connectivity index (χ0v) is 16.2. The predicted molar refractivity (Wildman–Crippen MR) is 107 cm³/mol. The van der Waals surface area contributed by atoms with Gasteiger partial charge in [0.05, 0.1) is 19.8 Å². The Bertz CT molecular complexity index is 636. The number of hydrogen-bond acceptors (Lipinski definition) is 6. The molecule has 2 fully saturated rings. The highest BCUT2D eigenvalue weighted by molar-refractivity contribution is 7.80.